The van der Waals surface area contributed by atoms with Crippen molar-refractivity contribution in [1.29, 1.82) is 0 Å². The standard InChI is InChI=1S/C54H90O6/c1-4-7-10-13-16-19-22-24-26-28-29-32-35-38-41-44-47-53(56)59-50-51(49-58-52(55)46-43-40-37-34-31-21-18-15-12-9-6-3)60-54(57)48-45-42-39-36-33-30-27-25-23-20-17-14-11-8-5-2/h8,11,17,19-20,22,25-28,33,36,42,45,51H,4-7,9-10,12-16,18,21,23-24,29-32,34-35,37-41,43-44,46-50H2,1-3H3/b11-8-,20-17-,22-19-,27-25-,28-26-,36-33-,45-42-. The molecule has 6 heteroatoms. The summed E-state index contributed by atoms with van der Waals surface area (Å²) in [5, 5.41) is 0. The van der Waals surface area contributed by atoms with E-state index in [2.05, 4.69) is 93.7 Å². The first-order valence-corrected chi connectivity index (χ1v) is 24.6. The number of rotatable bonds is 43. The maximum atomic E-state index is 12.7. The molecule has 0 saturated heterocycles. The molecule has 1 unspecified atom stereocenters. The van der Waals surface area contributed by atoms with Crippen molar-refractivity contribution >= 4 is 17.9 Å². The highest BCUT2D eigenvalue weighted by atomic mass is 16.6. The third kappa shape index (κ3) is 45.7. The van der Waals surface area contributed by atoms with Gasteiger partial charge in [0.15, 0.2) is 6.10 Å². The van der Waals surface area contributed by atoms with E-state index in [4.69, 9.17) is 14.2 Å². The highest BCUT2D eigenvalue weighted by molar-refractivity contribution is 5.72. The SMILES string of the molecule is CC/C=C\C/C=C\C/C=C\C/C=C\C/C=C\CC(=O)OC(COC(=O)CCCCCCC/C=C\C/C=C\CCCCCC)COC(=O)CCCCCCCCCCCCC. The van der Waals surface area contributed by atoms with Gasteiger partial charge in [0.25, 0.3) is 0 Å². The number of hydrogen-bond donors (Lipinski definition) is 0. The van der Waals surface area contributed by atoms with Crippen molar-refractivity contribution in [3.8, 4) is 0 Å². The predicted octanol–water partition coefficient (Wildman–Crippen LogP) is 16.0. The van der Waals surface area contributed by atoms with Crippen LogP contribution in [-0.2, 0) is 28.6 Å². The predicted molar refractivity (Wildman–Crippen MR) is 256 cm³/mol. The third-order valence-corrected chi connectivity index (χ3v) is 10.2. The molecule has 0 spiro atoms. The van der Waals surface area contributed by atoms with E-state index in [1.165, 1.54) is 83.5 Å². The van der Waals surface area contributed by atoms with Gasteiger partial charge in [-0.15, -0.1) is 0 Å². The van der Waals surface area contributed by atoms with Gasteiger partial charge in [0, 0.05) is 12.8 Å². The molecule has 1 atom stereocenters. The molecule has 0 radical (unpaired) electrons. The fourth-order valence-corrected chi connectivity index (χ4v) is 6.49. The fourth-order valence-electron chi connectivity index (χ4n) is 6.49. The van der Waals surface area contributed by atoms with Crippen molar-refractivity contribution < 1.29 is 28.6 Å². The molecule has 0 N–H and O–H groups in total. The molecule has 0 saturated carbocycles. The molecule has 0 aromatic heterocycles. The first-order valence-electron chi connectivity index (χ1n) is 24.6. The zero-order valence-electron chi connectivity index (χ0n) is 38.9. The minimum atomic E-state index is -0.834. The molecule has 342 valence electrons. The summed E-state index contributed by atoms with van der Waals surface area (Å²) in [5.74, 6) is -1.07. The molecule has 0 amide bonds. The van der Waals surface area contributed by atoms with Gasteiger partial charge in [0.2, 0.25) is 0 Å². The van der Waals surface area contributed by atoms with Gasteiger partial charge in [-0.3, -0.25) is 14.4 Å². The lowest BCUT2D eigenvalue weighted by Gasteiger charge is -2.18. The molecule has 0 aliphatic rings. The molecule has 0 aliphatic heterocycles. The monoisotopic (exact) mass is 835 g/mol. The Balaban J connectivity index is 4.53. The smallest absolute Gasteiger partial charge is 0.310 e. The maximum Gasteiger partial charge on any atom is 0.310 e. The van der Waals surface area contributed by atoms with Gasteiger partial charge in [-0.1, -0.05) is 209 Å². The van der Waals surface area contributed by atoms with Gasteiger partial charge >= 0.3 is 17.9 Å². The van der Waals surface area contributed by atoms with E-state index >= 15 is 0 Å². The summed E-state index contributed by atoms with van der Waals surface area (Å²) in [5.41, 5.74) is 0. The summed E-state index contributed by atoms with van der Waals surface area (Å²) < 4.78 is 16.6. The first kappa shape index (κ1) is 56.6. The highest BCUT2D eigenvalue weighted by Crippen LogP contribution is 2.13. The third-order valence-electron chi connectivity index (χ3n) is 10.2. The van der Waals surface area contributed by atoms with Crippen LogP contribution in [0, 0.1) is 0 Å². The van der Waals surface area contributed by atoms with Crippen LogP contribution < -0.4 is 0 Å². The summed E-state index contributed by atoms with van der Waals surface area (Å²) >= 11 is 0. The van der Waals surface area contributed by atoms with E-state index in [1.54, 1.807) is 6.08 Å². The molecule has 0 aromatic rings. The van der Waals surface area contributed by atoms with E-state index in [9.17, 15) is 14.4 Å². The highest BCUT2D eigenvalue weighted by Gasteiger charge is 2.19. The van der Waals surface area contributed by atoms with Crippen molar-refractivity contribution in [3.05, 3.63) is 85.1 Å². The average Bonchev–Trinajstić information content (AvgIpc) is 3.24. The molecule has 0 rings (SSSR count). The zero-order valence-corrected chi connectivity index (χ0v) is 38.9. The summed E-state index contributed by atoms with van der Waals surface area (Å²) in [7, 11) is 0. The number of unbranched alkanes of at least 4 members (excludes halogenated alkanes) is 19. The van der Waals surface area contributed by atoms with Crippen molar-refractivity contribution in [2.45, 2.75) is 226 Å². The molecule has 60 heavy (non-hydrogen) atoms. The fraction of sp³-hybridized carbons (Fsp3) is 0.685. The lowest BCUT2D eigenvalue weighted by molar-refractivity contribution is -0.166. The minimum absolute atomic E-state index is 0.0939. The number of allylic oxidation sites excluding steroid dienone is 13. The van der Waals surface area contributed by atoms with Gasteiger partial charge < -0.3 is 14.2 Å². The normalized spacial score (nSPS) is 12.8. The second kappa shape index (κ2) is 48.3. The largest absolute Gasteiger partial charge is 0.462 e. The Kier molecular flexibility index (Phi) is 45.5. The van der Waals surface area contributed by atoms with E-state index in [1.807, 2.05) is 6.08 Å². The molecule has 0 fully saturated rings. The molecular formula is C54H90O6. The van der Waals surface area contributed by atoms with E-state index in [0.29, 0.717) is 12.8 Å². The number of carbonyl (C=O) groups is 3. The minimum Gasteiger partial charge on any atom is -0.462 e. The summed E-state index contributed by atoms with van der Waals surface area (Å²) in [6, 6.07) is 0. The Hall–Kier alpha value is -3.41. The molecule has 0 bridgehead atoms. The topological polar surface area (TPSA) is 78.9 Å². The Morgan fingerprint density at radius 1 is 0.367 bits per heavy atom. The van der Waals surface area contributed by atoms with Crippen LogP contribution in [0.3, 0.4) is 0 Å². The van der Waals surface area contributed by atoms with Gasteiger partial charge in [0.05, 0.1) is 6.42 Å². The van der Waals surface area contributed by atoms with Gasteiger partial charge in [0.1, 0.15) is 13.2 Å². The van der Waals surface area contributed by atoms with E-state index < -0.39 is 12.1 Å². The summed E-state index contributed by atoms with van der Waals surface area (Å²) in [6.45, 7) is 6.39. The number of hydrogen-bond acceptors (Lipinski definition) is 6. The van der Waals surface area contributed by atoms with Gasteiger partial charge in [-0.2, -0.15) is 0 Å². The molecule has 0 aliphatic carbocycles. The van der Waals surface area contributed by atoms with Crippen LogP contribution in [0.2, 0.25) is 0 Å². The number of carbonyl (C=O) groups excluding carboxylic acids is 3. The van der Waals surface area contributed by atoms with Crippen molar-refractivity contribution in [3.63, 3.8) is 0 Å². The van der Waals surface area contributed by atoms with E-state index in [-0.39, 0.29) is 31.6 Å². The lowest BCUT2D eigenvalue weighted by Crippen LogP contribution is -2.30. The van der Waals surface area contributed by atoms with Crippen molar-refractivity contribution in [1.82, 2.24) is 0 Å². The van der Waals surface area contributed by atoms with E-state index in [0.717, 1.165) is 96.3 Å². The number of ether oxygens (including phenoxy) is 3. The Morgan fingerprint density at radius 2 is 0.700 bits per heavy atom. The second-order valence-corrected chi connectivity index (χ2v) is 16.0. The first-order chi connectivity index (χ1) is 29.5. The van der Waals surface area contributed by atoms with Crippen LogP contribution in [-0.4, -0.2) is 37.2 Å². The summed E-state index contributed by atoms with van der Waals surface area (Å²) in [4.78, 5) is 37.8. The molecule has 6 nitrogen and oxygen atoms in total. The van der Waals surface area contributed by atoms with Crippen LogP contribution >= 0.6 is 0 Å². The van der Waals surface area contributed by atoms with Crippen molar-refractivity contribution in [2.75, 3.05) is 13.2 Å². The quantitative estimate of drug-likeness (QED) is 0.0263. The Morgan fingerprint density at radius 3 is 1.12 bits per heavy atom. The van der Waals surface area contributed by atoms with Crippen LogP contribution in [0.25, 0.3) is 0 Å². The molecular weight excluding hydrogens is 745 g/mol. The zero-order chi connectivity index (χ0) is 43.7. The van der Waals surface area contributed by atoms with Crippen LogP contribution in [0.1, 0.15) is 220 Å². The number of esters is 3. The van der Waals surface area contributed by atoms with Crippen LogP contribution in [0.4, 0.5) is 0 Å². The second-order valence-electron chi connectivity index (χ2n) is 16.0. The Labute approximate surface area is 369 Å². The molecule has 0 heterocycles. The average molecular weight is 835 g/mol. The van der Waals surface area contributed by atoms with Crippen LogP contribution in [0.15, 0.2) is 85.1 Å². The van der Waals surface area contributed by atoms with Gasteiger partial charge in [-0.25, -0.2) is 0 Å². The summed E-state index contributed by atoms with van der Waals surface area (Å²) in [6.07, 6.45) is 61.6. The maximum absolute atomic E-state index is 12.7. The molecule has 0 aromatic carbocycles. The van der Waals surface area contributed by atoms with Crippen molar-refractivity contribution in [2.24, 2.45) is 0 Å². The lowest BCUT2D eigenvalue weighted by atomic mass is 10.1. The van der Waals surface area contributed by atoms with Gasteiger partial charge in [-0.05, 0) is 77.0 Å². The van der Waals surface area contributed by atoms with Crippen LogP contribution in [0.5, 0.6) is 0 Å². The Bertz CT molecular complexity index is 1190.